The molecule has 0 aliphatic heterocycles. The highest BCUT2D eigenvalue weighted by Gasteiger charge is 2.33. The zero-order valence-corrected chi connectivity index (χ0v) is 17.7. The van der Waals surface area contributed by atoms with E-state index in [-0.39, 0.29) is 23.5 Å². The van der Waals surface area contributed by atoms with Crippen LogP contribution in [-0.2, 0) is 0 Å². The Morgan fingerprint density at radius 1 is 0.720 bits per heavy atom. The van der Waals surface area contributed by atoms with Crippen molar-refractivity contribution in [3.05, 3.63) is 0 Å². The number of hydrogen-bond donors (Lipinski definition) is 5. The van der Waals surface area contributed by atoms with Gasteiger partial charge in [0.05, 0.1) is 27.2 Å². The van der Waals surface area contributed by atoms with Crippen molar-refractivity contribution in [1.82, 2.24) is 0 Å². The molecule has 0 saturated heterocycles. The van der Waals surface area contributed by atoms with E-state index in [4.69, 9.17) is 5.11 Å². The van der Waals surface area contributed by atoms with E-state index in [0.717, 1.165) is 19.4 Å². The van der Waals surface area contributed by atoms with E-state index >= 15 is 0 Å². The molecule has 25 heavy (non-hydrogen) atoms. The summed E-state index contributed by atoms with van der Waals surface area (Å²) in [6.07, 6.45) is 4.34. The van der Waals surface area contributed by atoms with Crippen LogP contribution in [0.4, 0.5) is 0 Å². The van der Waals surface area contributed by atoms with E-state index in [1.807, 2.05) is 14.1 Å². The summed E-state index contributed by atoms with van der Waals surface area (Å²) in [6, 6.07) is 0. The Kier molecular flexibility index (Phi) is 16.8. The van der Waals surface area contributed by atoms with Crippen LogP contribution in [0.15, 0.2) is 0 Å². The number of nitrogens with zero attached hydrogens (tertiary/aromatic N) is 1. The molecule has 0 radical (unpaired) electrons. The second-order valence-corrected chi connectivity index (χ2v) is 7.62. The molecule has 0 heterocycles. The maximum atomic E-state index is 10.1. The van der Waals surface area contributed by atoms with Crippen molar-refractivity contribution >= 4 is 0 Å². The molecule has 6 nitrogen and oxygen atoms in total. The lowest BCUT2D eigenvalue weighted by atomic mass is 10.0. The summed E-state index contributed by atoms with van der Waals surface area (Å²) >= 11 is 0. The first-order chi connectivity index (χ1) is 11.2. The van der Waals surface area contributed by atoms with Crippen LogP contribution in [0.25, 0.3) is 0 Å². The van der Waals surface area contributed by atoms with Crippen LogP contribution >= 0.6 is 0 Å². The van der Waals surface area contributed by atoms with Crippen molar-refractivity contribution in [1.29, 1.82) is 0 Å². The Bertz CT molecular complexity index is 307. The summed E-state index contributed by atoms with van der Waals surface area (Å²) in [5, 5.41) is 47.8. The van der Waals surface area contributed by atoms with E-state index in [1.54, 1.807) is 0 Å². The third kappa shape index (κ3) is 13.1. The Labute approximate surface area is 163 Å². The molecule has 0 aliphatic rings. The average molecular weight is 430 g/mol. The molecule has 5 N–H and O–H groups in total. The maximum Gasteiger partial charge on any atom is 0.131 e. The van der Waals surface area contributed by atoms with Crippen molar-refractivity contribution in [2.24, 2.45) is 0 Å². The zero-order valence-electron chi connectivity index (χ0n) is 16.1. The number of unbranched alkanes of at least 4 members (excludes halogenated alkanes) is 7. The normalized spacial score (nSPS) is 16.8. The fourth-order valence-corrected chi connectivity index (χ4v) is 2.94. The third-order valence-electron chi connectivity index (χ3n) is 4.62. The predicted molar refractivity (Wildman–Crippen MR) is 95.6 cm³/mol. The van der Waals surface area contributed by atoms with Gasteiger partial charge in [-0.1, -0.05) is 45.4 Å². The Morgan fingerprint density at radius 3 is 1.64 bits per heavy atom. The number of halogens is 1. The Balaban J connectivity index is 0. The van der Waals surface area contributed by atoms with Crippen LogP contribution in [0.2, 0.25) is 0 Å². The van der Waals surface area contributed by atoms with Crippen molar-refractivity contribution in [3.63, 3.8) is 0 Å². The lowest BCUT2D eigenvalue weighted by molar-refractivity contribution is -0.894. The monoisotopic (exact) mass is 429 g/mol. The van der Waals surface area contributed by atoms with Gasteiger partial charge in [0.15, 0.2) is 0 Å². The second-order valence-electron chi connectivity index (χ2n) is 7.62. The second kappa shape index (κ2) is 15.3. The van der Waals surface area contributed by atoms with Crippen LogP contribution in [0, 0.1) is 0 Å². The number of aliphatic hydroxyl groups is 5. The van der Waals surface area contributed by atoms with Crippen molar-refractivity contribution in [2.45, 2.75) is 82.7 Å². The summed E-state index contributed by atoms with van der Waals surface area (Å²) < 4.78 is 0.538. The molecule has 0 aromatic carbocycles. The zero-order chi connectivity index (χ0) is 18.6. The largest absolute Gasteiger partial charge is 1.00 e. The minimum absolute atomic E-state index is 0. The summed E-state index contributed by atoms with van der Waals surface area (Å²) in [5.41, 5.74) is 0. The summed E-state index contributed by atoms with van der Waals surface area (Å²) in [6.45, 7) is 2.74. The molecule has 7 heteroatoms. The van der Waals surface area contributed by atoms with Crippen LogP contribution in [0.5, 0.6) is 0 Å². The van der Waals surface area contributed by atoms with E-state index < -0.39 is 31.0 Å². The topological polar surface area (TPSA) is 101 Å². The first kappa shape index (κ1) is 27.5. The molecule has 0 amide bonds. The van der Waals surface area contributed by atoms with Gasteiger partial charge in [0.1, 0.15) is 31.0 Å². The summed E-state index contributed by atoms with van der Waals surface area (Å²) in [7, 11) is 3.96. The van der Waals surface area contributed by atoms with Gasteiger partial charge >= 0.3 is 0 Å². The number of likely N-dealkylation sites (N-methyl/N-ethyl adjacent to an activating group) is 1. The van der Waals surface area contributed by atoms with Crippen molar-refractivity contribution in [3.8, 4) is 0 Å². The highest BCUT2D eigenvalue weighted by atomic mass is 79.9. The maximum absolute atomic E-state index is 10.1. The molecule has 0 saturated carbocycles. The van der Waals surface area contributed by atoms with Gasteiger partial charge in [-0.2, -0.15) is 0 Å². The van der Waals surface area contributed by atoms with Crippen LogP contribution in [0.3, 0.4) is 0 Å². The number of aliphatic hydroxyl groups excluding tert-OH is 5. The van der Waals surface area contributed by atoms with E-state index in [1.165, 1.54) is 38.5 Å². The van der Waals surface area contributed by atoms with Crippen molar-refractivity contribution < 1.29 is 47.0 Å². The molecular formula is C18H40BrNO5. The van der Waals surface area contributed by atoms with Crippen LogP contribution in [-0.4, -0.2) is 88.2 Å². The number of rotatable bonds is 15. The minimum atomic E-state index is -1.55. The molecule has 0 fully saturated rings. The van der Waals surface area contributed by atoms with Gasteiger partial charge in [0.2, 0.25) is 0 Å². The molecule has 0 aromatic rings. The summed E-state index contributed by atoms with van der Waals surface area (Å²) in [5.74, 6) is 0. The number of quaternary nitrogens is 1. The van der Waals surface area contributed by atoms with Gasteiger partial charge in [0.25, 0.3) is 0 Å². The standard InChI is InChI=1S/C18H40NO5.BrH/c1-4-5-6-7-8-9-10-11-12-19(2,3)13-15(21)17(23)18(24)16(22)14-20;/h15-18,20-24H,4-14H2,1-3H3;1H/q+1;/p-1. The fraction of sp³-hybridized carbons (Fsp3) is 1.00. The predicted octanol–water partition coefficient (Wildman–Crippen LogP) is -2.36. The Morgan fingerprint density at radius 2 is 1.16 bits per heavy atom. The Hall–Kier alpha value is 0.240. The highest BCUT2D eigenvalue weighted by Crippen LogP contribution is 2.13. The van der Waals surface area contributed by atoms with Gasteiger partial charge in [-0.3, -0.25) is 0 Å². The number of hydrogen-bond acceptors (Lipinski definition) is 5. The fourth-order valence-electron chi connectivity index (χ4n) is 2.94. The highest BCUT2D eigenvalue weighted by molar-refractivity contribution is 4.80. The molecule has 0 rings (SSSR count). The lowest BCUT2D eigenvalue weighted by Gasteiger charge is -2.34. The summed E-state index contributed by atoms with van der Waals surface area (Å²) in [4.78, 5) is 0. The van der Waals surface area contributed by atoms with Gasteiger partial charge in [-0.05, 0) is 12.8 Å². The van der Waals surface area contributed by atoms with Gasteiger partial charge in [-0.25, -0.2) is 0 Å². The third-order valence-corrected chi connectivity index (χ3v) is 4.62. The molecule has 0 spiro atoms. The van der Waals surface area contributed by atoms with Crippen LogP contribution in [0.1, 0.15) is 58.3 Å². The van der Waals surface area contributed by atoms with Crippen molar-refractivity contribution in [2.75, 3.05) is 33.8 Å². The molecule has 0 bridgehead atoms. The van der Waals surface area contributed by atoms with Gasteiger partial charge < -0.3 is 47.0 Å². The lowest BCUT2D eigenvalue weighted by Crippen LogP contribution is -3.00. The smallest absolute Gasteiger partial charge is 0.131 e. The first-order valence-corrected chi connectivity index (χ1v) is 9.40. The average Bonchev–Trinajstić information content (AvgIpc) is 2.54. The molecule has 4 unspecified atom stereocenters. The quantitative estimate of drug-likeness (QED) is 0.148. The van der Waals surface area contributed by atoms with E-state index in [2.05, 4.69) is 6.92 Å². The van der Waals surface area contributed by atoms with Crippen LogP contribution < -0.4 is 17.0 Å². The molecular weight excluding hydrogens is 390 g/mol. The van der Waals surface area contributed by atoms with E-state index in [0.29, 0.717) is 4.48 Å². The SMILES string of the molecule is CCCCCCCCCC[N+](C)(C)CC(O)C(O)C(O)C(O)CO.[Br-]. The molecule has 154 valence electrons. The molecule has 0 aliphatic carbocycles. The molecule has 0 aromatic heterocycles. The molecule has 4 atom stereocenters. The van der Waals surface area contributed by atoms with Gasteiger partial charge in [0, 0.05) is 0 Å². The van der Waals surface area contributed by atoms with E-state index in [9.17, 15) is 20.4 Å². The van der Waals surface area contributed by atoms with Gasteiger partial charge in [-0.15, -0.1) is 0 Å². The minimum Gasteiger partial charge on any atom is -1.00 e. The first-order valence-electron chi connectivity index (χ1n) is 9.40.